The summed E-state index contributed by atoms with van der Waals surface area (Å²) in [7, 11) is 0. The van der Waals surface area contributed by atoms with E-state index in [1.165, 1.54) is 57.2 Å². The molecule has 0 saturated heterocycles. The Morgan fingerprint density at radius 2 is 1.71 bits per heavy atom. The van der Waals surface area contributed by atoms with Gasteiger partial charge in [-0.1, -0.05) is 57.5 Å². The van der Waals surface area contributed by atoms with Crippen molar-refractivity contribution in [3.8, 4) is 0 Å². The molecule has 2 saturated carbocycles. The molecular weight excluding hydrogens is 362 g/mol. The van der Waals surface area contributed by atoms with Crippen LogP contribution in [0.4, 0.5) is 0 Å². The van der Waals surface area contributed by atoms with Crippen LogP contribution in [0, 0.1) is 23.7 Å². The van der Waals surface area contributed by atoms with Crippen LogP contribution >= 0.6 is 12.4 Å². The number of halogens is 1. The number of benzene rings is 1. The van der Waals surface area contributed by atoms with E-state index in [4.69, 9.17) is 0 Å². The summed E-state index contributed by atoms with van der Waals surface area (Å²) in [6, 6.07) is 7.27. The van der Waals surface area contributed by atoms with Crippen molar-refractivity contribution in [1.82, 2.24) is 4.90 Å². The smallest absolute Gasteiger partial charge is 0.0169 e. The summed E-state index contributed by atoms with van der Waals surface area (Å²) < 4.78 is 0. The van der Waals surface area contributed by atoms with Crippen LogP contribution in [0.1, 0.15) is 88.8 Å². The van der Waals surface area contributed by atoms with Gasteiger partial charge in [0.05, 0.1) is 0 Å². The van der Waals surface area contributed by atoms with E-state index in [2.05, 4.69) is 63.8 Å². The molecule has 2 fully saturated rings. The molecule has 2 heteroatoms. The van der Waals surface area contributed by atoms with Gasteiger partial charge < -0.3 is 0 Å². The molecule has 1 aromatic carbocycles. The predicted octanol–water partition coefficient (Wildman–Crippen LogP) is 7.24. The van der Waals surface area contributed by atoms with Crippen molar-refractivity contribution < 1.29 is 0 Å². The zero-order valence-electron chi connectivity index (χ0n) is 18.7. The van der Waals surface area contributed by atoms with E-state index in [0.717, 1.165) is 12.5 Å². The third kappa shape index (κ3) is 5.22. The van der Waals surface area contributed by atoms with Crippen molar-refractivity contribution in [2.75, 3.05) is 19.6 Å². The zero-order chi connectivity index (χ0) is 19.2. The summed E-state index contributed by atoms with van der Waals surface area (Å²) in [6.07, 6.45) is 10.7. The van der Waals surface area contributed by atoms with Gasteiger partial charge in [-0.15, -0.1) is 12.4 Å². The fourth-order valence-electron chi connectivity index (χ4n) is 6.17. The highest BCUT2D eigenvalue weighted by Crippen LogP contribution is 2.52. The monoisotopic (exact) mass is 401 g/mol. The molecule has 0 aromatic heterocycles. The third-order valence-corrected chi connectivity index (χ3v) is 7.05. The fraction of sp³-hybridized carbons (Fsp3) is 0.692. The van der Waals surface area contributed by atoms with E-state index >= 15 is 0 Å². The second-order valence-corrected chi connectivity index (χ2v) is 11.4. The summed E-state index contributed by atoms with van der Waals surface area (Å²) in [5, 5.41) is 0. The van der Waals surface area contributed by atoms with Gasteiger partial charge in [0.2, 0.25) is 0 Å². The van der Waals surface area contributed by atoms with Crippen molar-refractivity contribution in [2.24, 2.45) is 16.7 Å². The summed E-state index contributed by atoms with van der Waals surface area (Å²) in [5.41, 5.74) is 7.10. The van der Waals surface area contributed by atoms with Crippen molar-refractivity contribution in [3.63, 3.8) is 0 Å². The molecule has 1 heterocycles. The molecule has 1 aromatic rings. The number of rotatable bonds is 4. The maximum Gasteiger partial charge on any atom is 0.0169 e. The Bertz CT molecular complexity index is 710. The van der Waals surface area contributed by atoms with E-state index in [0.29, 0.717) is 16.7 Å². The Morgan fingerprint density at radius 1 is 1.04 bits per heavy atom. The van der Waals surface area contributed by atoms with Crippen molar-refractivity contribution in [2.45, 2.75) is 79.1 Å². The maximum atomic E-state index is 2.67. The standard InChI is InChI=1S/C26H39N.ClH/c1-19-6-9-23(21-10-12-27(13-11-21)17-20-7-8-20)24(14-19)22-15-25(2,3)18-26(4,5)16-22;/h6,9-10,14,20,22H,7-8,11-13,15-18H2,1-5H3;1H. The molecular formula is C26H40ClN. The average Bonchev–Trinajstić information content (AvgIpc) is 3.37. The predicted molar refractivity (Wildman–Crippen MR) is 124 cm³/mol. The second kappa shape index (κ2) is 8.15. The van der Waals surface area contributed by atoms with Crippen LogP contribution in [0.5, 0.6) is 0 Å². The molecule has 0 radical (unpaired) electrons. The van der Waals surface area contributed by atoms with Crippen LogP contribution in [-0.4, -0.2) is 24.5 Å². The number of aryl methyl sites for hydroxylation is 1. The zero-order valence-corrected chi connectivity index (χ0v) is 19.5. The maximum absolute atomic E-state index is 2.67. The van der Waals surface area contributed by atoms with Gasteiger partial charge in [0, 0.05) is 19.6 Å². The van der Waals surface area contributed by atoms with E-state index in [-0.39, 0.29) is 12.4 Å². The Morgan fingerprint density at radius 3 is 2.29 bits per heavy atom. The largest absolute Gasteiger partial charge is 0.299 e. The van der Waals surface area contributed by atoms with Gasteiger partial charge in [-0.25, -0.2) is 0 Å². The van der Waals surface area contributed by atoms with E-state index in [9.17, 15) is 0 Å². The van der Waals surface area contributed by atoms with Gasteiger partial charge in [0.15, 0.2) is 0 Å². The lowest BCUT2D eigenvalue weighted by molar-refractivity contribution is 0.0968. The summed E-state index contributed by atoms with van der Waals surface area (Å²) >= 11 is 0. The normalized spacial score (nSPS) is 25.1. The van der Waals surface area contributed by atoms with Crippen LogP contribution in [0.15, 0.2) is 24.3 Å². The Hall–Kier alpha value is -0.790. The minimum atomic E-state index is 0. The van der Waals surface area contributed by atoms with Crippen LogP contribution in [0.2, 0.25) is 0 Å². The quantitative estimate of drug-likeness (QED) is 0.514. The molecule has 3 aliphatic rings. The lowest BCUT2D eigenvalue weighted by atomic mass is 9.59. The SMILES string of the molecule is Cc1ccc(C2=CCN(CC3CC3)CC2)c(C2CC(C)(C)CC(C)(C)C2)c1.Cl. The lowest BCUT2D eigenvalue weighted by Crippen LogP contribution is -2.33. The van der Waals surface area contributed by atoms with Crippen molar-refractivity contribution >= 4 is 18.0 Å². The lowest BCUT2D eigenvalue weighted by Gasteiger charge is -2.46. The highest BCUT2D eigenvalue weighted by atomic mass is 35.5. The van der Waals surface area contributed by atoms with E-state index < -0.39 is 0 Å². The van der Waals surface area contributed by atoms with E-state index in [1.54, 1.807) is 16.7 Å². The first-order valence-electron chi connectivity index (χ1n) is 11.2. The molecule has 2 aliphatic carbocycles. The minimum Gasteiger partial charge on any atom is -0.299 e. The molecule has 4 rings (SSSR count). The van der Waals surface area contributed by atoms with Gasteiger partial charge in [-0.2, -0.15) is 0 Å². The third-order valence-electron chi connectivity index (χ3n) is 7.05. The molecule has 156 valence electrons. The minimum absolute atomic E-state index is 0. The Labute approximate surface area is 179 Å². The van der Waals surface area contributed by atoms with Crippen LogP contribution in [0.3, 0.4) is 0 Å². The number of nitrogens with zero attached hydrogens (tertiary/aromatic N) is 1. The molecule has 0 spiro atoms. The summed E-state index contributed by atoms with van der Waals surface area (Å²) in [6.45, 7) is 15.9. The number of hydrogen-bond donors (Lipinski definition) is 0. The molecule has 0 bridgehead atoms. The molecule has 0 unspecified atom stereocenters. The van der Waals surface area contributed by atoms with Gasteiger partial charge in [-0.3, -0.25) is 4.90 Å². The Balaban J connectivity index is 0.00000225. The van der Waals surface area contributed by atoms with Gasteiger partial charge >= 0.3 is 0 Å². The van der Waals surface area contributed by atoms with Gasteiger partial charge in [-0.05, 0) is 84.8 Å². The topological polar surface area (TPSA) is 3.24 Å². The molecule has 0 N–H and O–H groups in total. The van der Waals surface area contributed by atoms with E-state index in [1.807, 2.05) is 0 Å². The van der Waals surface area contributed by atoms with Crippen molar-refractivity contribution in [1.29, 1.82) is 0 Å². The van der Waals surface area contributed by atoms with Crippen molar-refractivity contribution in [3.05, 3.63) is 41.0 Å². The first-order valence-corrected chi connectivity index (χ1v) is 11.2. The Kier molecular flexibility index (Phi) is 6.38. The second-order valence-electron chi connectivity index (χ2n) is 11.4. The molecule has 28 heavy (non-hydrogen) atoms. The summed E-state index contributed by atoms with van der Waals surface area (Å²) in [5.74, 6) is 1.70. The molecule has 1 nitrogen and oxygen atoms in total. The highest BCUT2D eigenvalue weighted by Gasteiger charge is 2.39. The average molecular weight is 402 g/mol. The van der Waals surface area contributed by atoms with Gasteiger partial charge in [0.25, 0.3) is 0 Å². The van der Waals surface area contributed by atoms with Gasteiger partial charge in [0.1, 0.15) is 0 Å². The number of hydrogen-bond acceptors (Lipinski definition) is 1. The first-order chi connectivity index (χ1) is 12.7. The first kappa shape index (κ1) is 21.9. The molecule has 0 atom stereocenters. The summed E-state index contributed by atoms with van der Waals surface area (Å²) in [4.78, 5) is 2.67. The highest BCUT2D eigenvalue weighted by molar-refractivity contribution is 5.85. The van der Waals surface area contributed by atoms with Crippen LogP contribution in [0.25, 0.3) is 5.57 Å². The molecule has 1 aliphatic heterocycles. The molecule has 0 amide bonds. The van der Waals surface area contributed by atoms with Crippen LogP contribution in [-0.2, 0) is 0 Å². The fourth-order valence-corrected chi connectivity index (χ4v) is 6.17. The van der Waals surface area contributed by atoms with Crippen LogP contribution < -0.4 is 0 Å².